The molecule has 2 rings (SSSR count). The maximum absolute atomic E-state index is 11.4. The third-order valence-electron chi connectivity index (χ3n) is 2.54. The van der Waals surface area contributed by atoms with Crippen molar-refractivity contribution in [2.24, 2.45) is 5.92 Å². The van der Waals surface area contributed by atoms with Gasteiger partial charge >= 0.3 is 6.09 Å². The first-order valence-corrected chi connectivity index (χ1v) is 5.16. The van der Waals surface area contributed by atoms with Gasteiger partial charge in [0.15, 0.2) is 0 Å². The molecule has 0 aromatic carbocycles. The van der Waals surface area contributed by atoms with E-state index >= 15 is 0 Å². The molecule has 80 valence electrons. The lowest BCUT2D eigenvalue weighted by Crippen LogP contribution is -2.18. The number of rotatable bonds is 2. The number of imidazole rings is 1. The fourth-order valence-corrected chi connectivity index (χ4v) is 1.64. The topological polar surface area (TPSA) is 44.1 Å². The highest BCUT2D eigenvalue weighted by atomic mass is 16.5. The van der Waals surface area contributed by atoms with Gasteiger partial charge in [0, 0.05) is 12.4 Å². The first kappa shape index (κ1) is 9.96. The van der Waals surface area contributed by atoms with Crippen LogP contribution < -0.4 is 0 Å². The number of ether oxygens (including phenoxy) is 1. The van der Waals surface area contributed by atoms with Crippen LogP contribution in [-0.2, 0) is 4.74 Å². The highest BCUT2D eigenvalue weighted by molar-refractivity contribution is 5.69. The van der Waals surface area contributed by atoms with Crippen LogP contribution in [0.3, 0.4) is 0 Å². The van der Waals surface area contributed by atoms with Gasteiger partial charge < -0.3 is 4.74 Å². The number of carbonyl (C=O) groups is 1. The van der Waals surface area contributed by atoms with Crippen LogP contribution in [0.4, 0.5) is 4.79 Å². The number of aromatic nitrogens is 2. The predicted octanol–water partition coefficient (Wildman–Crippen LogP) is 2.22. The molecule has 0 aliphatic heterocycles. The Morgan fingerprint density at radius 2 is 2.47 bits per heavy atom. The van der Waals surface area contributed by atoms with Crippen LogP contribution in [-0.4, -0.2) is 22.3 Å². The lowest BCUT2D eigenvalue weighted by molar-refractivity contribution is 0.125. The Morgan fingerprint density at radius 3 is 3.13 bits per heavy atom. The van der Waals surface area contributed by atoms with Crippen LogP contribution in [0, 0.1) is 5.92 Å². The number of hydrogen-bond donors (Lipinski definition) is 0. The Kier molecular flexibility index (Phi) is 3.17. The molecule has 0 spiro atoms. The minimum Gasteiger partial charge on any atom is -0.449 e. The molecule has 0 amide bonds. The largest absolute Gasteiger partial charge is 0.449 e. The van der Waals surface area contributed by atoms with Crippen molar-refractivity contribution in [2.45, 2.75) is 19.3 Å². The van der Waals surface area contributed by atoms with Gasteiger partial charge in [-0.3, -0.25) is 0 Å². The normalized spacial score (nSPS) is 20.1. The predicted molar refractivity (Wildman–Crippen MR) is 55.5 cm³/mol. The van der Waals surface area contributed by atoms with E-state index in [1.807, 2.05) is 0 Å². The van der Waals surface area contributed by atoms with Crippen LogP contribution in [0.15, 0.2) is 30.9 Å². The molecule has 4 heteroatoms. The second-order valence-corrected chi connectivity index (χ2v) is 3.70. The molecular weight excluding hydrogens is 192 g/mol. The van der Waals surface area contributed by atoms with Gasteiger partial charge in [-0.1, -0.05) is 12.2 Å². The Bertz CT molecular complexity index is 343. The molecule has 1 atom stereocenters. The van der Waals surface area contributed by atoms with Crippen molar-refractivity contribution in [2.75, 3.05) is 6.61 Å². The molecule has 1 aliphatic carbocycles. The van der Waals surface area contributed by atoms with Gasteiger partial charge in [0.05, 0.1) is 6.61 Å². The van der Waals surface area contributed by atoms with Gasteiger partial charge in [-0.05, 0) is 25.2 Å². The molecule has 0 bridgehead atoms. The van der Waals surface area contributed by atoms with Crippen molar-refractivity contribution < 1.29 is 9.53 Å². The average Bonchev–Trinajstić information content (AvgIpc) is 2.81. The van der Waals surface area contributed by atoms with Gasteiger partial charge in [-0.15, -0.1) is 0 Å². The molecule has 1 aliphatic rings. The Labute approximate surface area is 88.6 Å². The molecule has 0 saturated heterocycles. The Hall–Kier alpha value is -1.58. The van der Waals surface area contributed by atoms with E-state index in [2.05, 4.69) is 17.1 Å². The maximum atomic E-state index is 11.4. The number of nitrogens with zero attached hydrogens (tertiary/aromatic N) is 2. The molecule has 0 fully saturated rings. The minimum absolute atomic E-state index is 0.345. The van der Waals surface area contributed by atoms with E-state index in [1.54, 1.807) is 12.4 Å². The summed E-state index contributed by atoms with van der Waals surface area (Å²) in [5.41, 5.74) is 0. The number of carbonyl (C=O) groups excluding carboxylic acids is 1. The van der Waals surface area contributed by atoms with Crippen LogP contribution in [0.5, 0.6) is 0 Å². The van der Waals surface area contributed by atoms with Crippen molar-refractivity contribution >= 4 is 6.09 Å². The van der Waals surface area contributed by atoms with Gasteiger partial charge in [0.1, 0.15) is 6.33 Å². The summed E-state index contributed by atoms with van der Waals surface area (Å²) >= 11 is 0. The Morgan fingerprint density at radius 1 is 1.53 bits per heavy atom. The minimum atomic E-state index is -0.345. The zero-order chi connectivity index (χ0) is 10.5. The van der Waals surface area contributed by atoms with E-state index in [0.717, 1.165) is 19.3 Å². The lowest BCUT2D eigenvalue weighted by Gasteiger charge is -2.17. The number of allylic oxidation sites excluding steroid dienone is 2. The van der Waals surface area contributed by atoms with Crippen molar-refractivity contribution in [1.29, 1.82) is 0 Å². The van der Waals surface area contributed by atoms with Crippen molar-refractivity contribution in [1.82, 2.24) is 9.55 Å². The van der Waals surface area contributed by atoms with Crippen LogP contribution in [0.25, 0.3) is 0 Å². The summed E-state index contributed by atoms with van der Waals surface area (Å²) in [4.78, 5) is 15.2. The van der Waals surface area contributed by atoms with E-state index in [4.69, 9.17) is 4.74 Å². The molecule has 1 aromatic rings. The second-order valence-electron chi connectivity index (χ2n) is 3.70. The molecule has 0 N–H and O–H groups in total. The highest BCUT2D eigenvalue weighted by Gasteiger charge is 2.13. The van der Waals surface area contributed by atoms with Crippen LogP contribution in [0.1, 0.15) is 19.3 Å². The standard InChI is InChI=1S/C11H14N2O2/c14-11(13-7-6-12-9-13)15-8-10-4-2-1-3-5-10/h1-2,6-7,9-10H,3-5,8H2. The van der Waals surface area contributed by atoms with Gasteiger partial charge in [0.25, 0.3) is 0 Å². The summed E-state index contributed by atoms with van der Waals surface area (Å²) in [7, 11) is 0. The fraction of sp³-hybridized carbons (Fsp3) is 0.455. The summed E-state index contributed by atoms with van der Waals surface area (Å²) in [6.07, 6.45) is 11.8. The van der Waals surface area contributed by atoms with E-state index in [1.165, 1.54) is 10.9 Å². The maximum Gasteiger partial charge on any atom is 0.419 e. The molecule has 1 aromatic heterocycles. The third kappa shape index (κ3) is 2.68. The van der Waals surface area contributed by atoms with Crippen molar-refractivity contribution in [3.63, 3.8) is 0 Å². The van der Waals surface area contributed by atoms with E-state index < -0.39 is 0 Å². The van der Waals surface area contributed by atoms with Crippen LogP contribution >= 0.6 is 0 Å². The number of hydrogen-bond acceptors (Lipinski definition) is 3. The van der Waals surface area contributed by atoms with E-state index in [-0.39, 0.29) is 6.09 Å². The molecular formula is C11H14N2O2. The molecule has 0 saturated carbocycles. The highest BCUT2D eigenvalue weighted by Crippen LogP contribution is 2.18. The summed E-state index contributed by atoms with van der Waals surface area (Å²) in [6.45, 7) is 0.501. The molecule has 0 radical (unpaired) electrons. The summed E-state index contributed by atoms with van der Waals surface area (Å²) in [5.74, 6) is 0.475. The average molecular weight is 206 g/mol. The summed E-state index contributed by atoms with van der Waals surface area (Å²) in [6, 6.07) is 0. The smallest absolute Gasteiger partial charge is 0.419 e. The molecule has 1 unspecified atom stereocenters. The first-order chi connectivity index (χ1) is 7.36. The molecule has 4 nitrogen and oxygen atoms in total. The van der Waals surface area contributed by atoms with Gasteiger partial charge in [-0.2, -0.15) is 0 Å². The SMILES string of the molecule is O=C(OCC1CC=CCC1)n1ccnc1. The summed E-state index contributed by atoms with van der Waals surface area (Å²) < 4.78 is 6.52. The van der Waals surface area contributed by atoms with E-state index in [0.29, 0.717) is 12.5 Å². The fourth-order valence-electron chi connectivity index (χ4n) is 1.64. The van der Waals surface area contributed by atoms with Crippen LogP contribution in [0.2, 0.25) is 0 Å². The Balaban J connectivity index is 1.78. The molecule has 15 heavy (non-hydrogen) atoms. The summed E-state index contributed by atoms with van der Waals surface area (Å²) in [5, 5.41) is 0. The quantitative estimate of drug-likeness (QED) is 0.697. The molecule has 1 heterocycles. The zero-order valence-electron chi connectivity index (χ0n) is 8.50. The van der Waals surface area contributed by atoms with Crippen molar-refractivity contribution in [3.8, 4) is 0 Å². The third-order valence-corrected chi connectivity index (χ3v) is 2.54. The van der Waals surface area contributed by atoms with Gasteiger partial charge in [-0.25, -0.2) is 14.3 Å². The zero-order valence-corrected chi connectivity index (χ0v) is 8.50. The van der Waals surface area contributed by atoms with Gasteiger partial charge in [0.2, 0.25) is 0 Å². The first-order valence-electron chi connectivity index (χ1n) is 5.16. The lowest BCUT2D eigenvalue weighted by atomic mass is 9.95. The van der Waals surface area contributed by atoms with E-state index in [9.17, 15) is 4.79 Å². The second kappa shape index (κ2) is 4.77. The van der Waals surface area contributed by atoms with Crippen molar-refractivity contribution in [3.05, 3.63) is 30.9 Å². The monoisotopic (exact) mass is 206 g/mol.